The van der Waals surface area contributed by atoms with E-state index in [0.29, 0.717) is 17.5 Å². The minimum Gasteiger partial charge on any atom is -0.310 e. The molecule has 0 bridgehead atoms. The lowest BCUT2D eigenvalue weighted by atomic mass is 10.1. The van der Waals surface area contributed by atoms with Crippen LogP contribution >= 0.6 is 0 Å². The van der Waals surface area contributed by atoms with Crippen molar-refractivity contribution in [3.63, 3.8) is 0 Å². The van der Waals surface area contributed by atoms with E-state index in [2.05, 4.69) is 10.0 Å². The SMILES string of the molecule is CCCNS(=O)(=O)c1cc(CNC2CC2)ccc1CC. The summed E-state index contributed by atoms with van der Waals surface area (Å²) >= 11 is 0. The van der Waals surface area contributed by atoms with Gasteiger partial charge in [-0.2, -0.15) is 0 Å². The van der Waals surface area contributed by atoms with Gasteiger partial charge in [-0.05, 0) is 42.9 Å². The van der Waals surface area contributed by atoms with E-state index in [0.717, 1.165) is 30.5 Å². The average Bonchev–Trinajstić information content (AvgIpc) is 3.27. The fraction of sp³-hybridized carbons (Fsp3) is 0.600. The fourth-order valence-electron chi connectivity index (χ4n) is 2.11. The molecule has 1 aliphatic rings. The van der Waals surface area contributed by atoms with Gasteiger partial charge in [-0.25, -0.2) is 13.1 Å². The van der Waals surface area contributed by atoms with E-state index in [1.165, 1.54) is 12.8 Å². The van der Waals surface area contributed by atoms with Crippen molar-refractivity contribution in [2.45, 2.75) is 57.0 Å². The molecule has 0 spiro atoms. The Morgan fingerprint density at radius 1 is 1.25 bits per heavy atom. The van der Waals surface area contributed by atoms with Gasteiger partial charge < -0.3 is 5.32 Å². The van der Waals surface area contributed by atoms with Gasteiger partial charge in [0.1, 0.15) is 0 Å². The first-order valence-corrected chi connectivity index (χ1v) is 8.90. The molecular formula is C15H24N2O2S. The van der Waals surface area contributed by atoms with E-state index in [1.54, 1.807) is 0 Å². The third kappa shape index (κ3) is 4.04. The van der Waals surface area contributed by atoms with E-state index in [9.17, 15) is 8.42 Å². The largest absolute Gasteiger partial charge is 0.310 e. The molecule has 4 nitrogen and oxygen atoms in total. The van der Waals surface area contributed by atoms with Crippen molar-refractivity contribution >= 4 is 10.0 Å². The molecule has 1 fully saturated rings. The molecular weight excluding hydrogens is 272 g/mol. The van der Waals surface area contributed by atoms with Gasteiger partial charge >= 0.3 is 0 Å². The third-order valence-electron chi connectivity index (χ3n) is 3.52. The van der Waals surface area contributed by atoms with Crippen LogP contribution in [0.5, 0.6) is 0 Å². The minimum atomic E-state index is -3.39. The van der Waals surface area contributed by atoms with Gasteiger partial charge in [0.25, 0.3) is 0 Å². The second-order valence-electron chi connectivity index (χ2n) is 5.35. The van der Waals surface area contributed by atoms with Crippen molar-refractivity contribution in [2.24, 2.45) is 0 Å². The van der Waals surface area contributed by atoms with Gasteiger partial charge in [0.2, 0.25) is 10.0 Å². The van der Waals surface area contributed by atoms with Crippen LogP contribution in [0.4, 0.5) is 0 Å². The quantitative estimate of drug-likeness (QED) is 0.773. The van der Waals surface area contributed by atoms with Crippen molar-refractivity contribution < 1.29 is 8.42 Å². The van der Waals surface area contributed by atoms with Crippen LogP contribution in [0.25, 0.3) is 0 Å². The van der Waals surface area contributed by atoms with Crippen LogP contribution in [0.2, 0.25) is 0 Å². The molecule has 2 N–H and O–H groups in total. The molecule has 0 saturated heterocycles. The molecule has 0 unspecified atom stereocenters. The summed E-state index contributed by atoms with van der Waals surface area (Å²) in [7, 11) is -3.39. The predicted octanol–water partition coefficient (Wildman–Crippen LogP) is 2.19. The Kier molecular flexibility index (Phi) is 5.18. The Morgan fingerprint density at radius 2 is 2.00 bits per heavy atom. The first-order valence-electron chi connectivity index (χ1n) is 7.41. The topological polar surface area (TPSA) is 58.2 Å². The lowest BCUT2D eigenvalue weighted by molar-refractivity contribution is 0.579. The first kappa shape index (κ1) is 15.5. The smallest absolute Gasteiger partial charge is 0.240 e. The molecule has 0 radical (unpaired) electrons. The second-order valence-corrected chi connectivity index (χ2v) is 7.08. The molecule has 1 saturated carbocycles. The summed E-state index contributed by atoms with van der Waals surface area (Å²) in [6.45, 7) is 5.16. The molecule has 0 atom stereocenters. The van der Waals surface area contributed by atoms with Crippen molar-refractivity contribution in [1.82, 2.24) is 10.0 Å². The van der Waals surface area contributed by atoms with Crippen molar-refractivity contribution in [3.05, 3.63) is 29.3 Å². The summed E-state index contributed by atoms with van der Waals surface area (Å²) in [6, 6.07) is 6.39. The molecule has 0 aliphatic heterocycles. The van der Waals surface area contributed by atoms with Gasteiger partial charge in [-0.3, -0.25) is 0 Å². The standard InChI is InChI=1S/C15H24N2O2S/c1-3-9-17-20(18,19)15-10-12(5-6-13(15)4-2)11-16-14-7-8-14/h5-6,10,14,16-17H,3-4,7-9,11H2,1-2H3. The number of sulfonamides is 1. The van der Waals surface area contributed by atoms with Gasteiger partial charge in [-0.1, -0.05) is 26.0 Å². The Labute approximate surface area is 122 Å². The van der Waals surface area contributed by atoms with Crippen LogP contribution in [0, 0.1) is 0 Å². The van der Waals surface area contributed by atoms with Gasteiger partial charge in [-0.15, -0.1) is 0 Å². The van der Waals surface area contributed by atoms with Crippen LogP contribution in [0.1, 0.15) is 44.2 Å². The molecule has 1 aromatic carbocycles. The number of benzene rings is 1. The lowest BCUT2D eigenvalue weighted by Gasteiger charge is -2.12. The van der Waals surface area contributed by atoms with Crippen molar-refractivity contribution in [3.8, 4) is 0 Å². The molecule has 2 rings (SSSR count). The molecule has 5 heteroatoms. The number of hydrogen-bond acceptors (Lipinski definition) is 3. The molecule has 20 heavy (non-hydrogen) atoms. The molecule has 112 valence electrons. The van der Waals surface area contributed by atoms with E-state index in [-0.39, 0.29) is 0 Å². The number of aryl methyl sites for hydroxylation is 1. The highest BCUT2D eigenvalue weighted by atomic mass is 32.2. The molecule has 1 aromatic rings. The predicted molar refractivity (Wildman–Crippen MR) is 81.2 cm³/mol. The highest BCUT2D eigenvalue weighted by Crippen LogP contribution is 2.21. The Balaban J connectivity index is 2.20. The molecule has 1 aliphatic carbocycles. The highest BCUT2D eigenvalue weighted by Gasteiger charge is 2.21. The normalized spacial score (nSPS) is 15.5. The van der Waals surface area contributed by atoms with Crippen LogP contribution in [0.3, 0.4) is 0 Å². The Morgan fingerprint density at radius 3 is 2.60 bits per heavy atom. The number of nitrogens with one attached hydrogen (secondary N) is 2. The summed E-state index contributed by atoms with van der Waals surface area (Å²) in [6.07, 6.45) is 3.98. The zero-order valence-corrected chi connectivity index (χ0v) is 13.1. The number of hydrogen-bond donors (Lipinski definition) is 2. The van der Waals surface area contributed by atoms with Crippen LogP contribution < -0.4 is 10.0 Å². The van der Waals surface area contributed by atoms with Crippen LogP contribution in [-0.4, -0.2) is 21.0 Å². The fourth-order valence-corrected chi connectivity index (χ4v) is 3.61. The van der Waals surface area contributed by atoms with E-state index < -0.39 is 10.0 Å². The zero-order chi connectivity index (χ0) is 14.6. The average molecular weight is 296 g/mol. The van der Waals surface area contributed by atoms with Gasteiger partial charge in [0.15, 0.2) is 0 Å². The number of rotatable bonds is 8. The third-order valence-corrected chi connectivity index (χ3v) is 5.06. The monoisotopic (exact) mass is 296 g/mol. The first-order chi connectivity index (χ1) is 9.56. The maximum atomic E-state index is 12.3. The summed E-state index contributed by atoms with van der Waals surface area (Å²) in [4.78, 5) is 0.434. The Bertz CT molecular complexity index is 551. The highest BCUT2D eigenvalue weighted by molar-refractivity contribution is 7.89. The zero-order valence-electron chi connectivity index (χ0n) is 12.3. The van der Waals surface area contributed by atoms with Crippen LogP contribution in [0.15, 0.2) is 23.1 Å². The Hall–Kier alpha value is -0.910. The summed E-state index contributed by atoms with van der Waals surface area (Å²) in [5, 5.41) is 3.42. The van der Waals surface area contributed by atoms with E-state index >= 15 is 0 Å². The maximum absolute atomic E-state index is 12.3. The van der Waals surface area contributed by atoms with Crippen molar-refractivity contribution in [2.75, 3.05) is 6.54 Å². The van der Waals surface area contributed by atoms with Crippen LogP contribution in [-0.2, 0) is 23.0 Å². The van der Waals surface area contributed by atoms with E-state index in [4.69, 9.17) is 0 Å². The molecule has 0 amide bonds. The maximum Gasteiger partial charge on any atom is 0.240 e. The second kappa shape index (κ2) is 6.70. The summed E-state index contributed by atoms with van der Waals surface area (Å²) in [5.41, 5.74) is 1.91. The van der Waals surface area contributed by atoms with E-state index in [1.807, 2.05) is 32.0 Å². The molecule has 0 aromatic heterocycles. The summed E-state index contributed by atoms with van der Waals surface area (Å²) in [5.74, 6) is 0. The summed E-state index contributed by atoms with van der Waals surface area (Å²) < 4.78 is 27.3. The van der Waals surface area contributed by atoms with Crippen molar-refractivity contribution in [1.29, 1.82) is 0 Å². The minimum absolute atomic E-state index is 0.434. The lowest BCUT2D eigenvalue weighted by Crippen LogP contribution is -2.26. The molecule has 0 heterocycles. The van der Waals surface area contributed by atoms with Gasteiger partial charge in [0, 0.05) is 19.1 Å². The van der Waals surface area contributed by atoms with Gasteiger partial charge in [0.05, 0.1) is 4.90 Å².